The molecule has 1 unspecified atom stereocenters. The van der Waals surface area contributed by atoms with Crippen molar-refractivity contribution in [3.63, 3.8) is 0 Å². The zero-order chi connectivity index (χ0) is 16.8. The third kappa shape index (κ3) is 2.95. The van der Waals surface area contributed by atoms with E-state index >= 15 is 0 Å². The van der Waals surface area contributed by atoms with Crippen molar-refractivity contribution in [3.8, 4) is 0 Å². The van der Waals surface area contributed by atoms with Gasteiger partial charge in [-0.2, -0.15) is 13.2 Å². The molecule has 2 bridgehead atoms. The summed E-state index contributed by atoms with van der Waals surface area (Å²) in [6.07, 6.45) is -3.69. The van der Waals surface area contributed by atoms with Crippen molar-refractivity contribution in [3.05, 3.63) is 17.8 Å². The Morgan fingerprint density at radius 3 is 2.78 bits per heavy atom. The Hall–Kier alpha value is -2.32. The van der Waals surface area contributed by atoms with Gasteiger partial charge < -0.3 is 10.2 Å². The average Bonchev–Trinajstić information content (AvgIpc) is 2.87. The summed E-state index contributed by atoms with van der Waals surface area (Å²) in [5, 5.41) is 1.78. The zero-order valence-corrected chi connectivity index (χ0v) is 12.4. The second-order valence-electron chi connectivity index (χ2n) is 5.61. The first-order valence-electron chi connectivity index (χ1n) is 7.17. The number of aromatic nitrogens is 1. The van der Waals surface area contributed by atoms with Gasteiger partial charge in [0.1, 0.15) is 12.2 Å². The van der Waals surface area contributed by atoms with Crippen molar-refractivity contribution in [1.29, 1.82) is 0 Å². The number of nitrogens with one attached hydrogen (secondary N) is 1. The van der Waals surface area contributed by atoms with Crippen LogP contribution in [0.5, 0.6) is 0 Å². The molecule has 2 amide bonds. The fourth-order valence-corrected chi connectivity index (χ4v) is 3.01. The number of alkyl halides is 3. The first-order valence-corrected chi connectivity index (χ1v) is 7.17. The molecule has 0 saturated carbocycles. The lowest BCUT2D eigenvalue weighted by Gasteiger charge is -2.35. The molecule has 1 saturated heterocycles. The van der Waals surface area contributed by atoms with Crippen molar-refractivity contribution < 1.29 is 22.8 Å². The van der Waals surface area contributed by atoms with Gasteiger partial charge in [-0.1, -0.05) is 0 Å². The Kier molecular flexibility index (Phi) is 3.65. The lowest BCUT2D eigenvalue weighted by molar-refractivity contribution is -0.123. The van der Waals surface area contributed by atoms with Gasteiger partial charge in [-0.25, -0.2) is 4.98 Å². The van der Waals surface area contributed by atoms with E-state index in [1.165, 1.54) is 17.9 Å². The molecule has 23 heavy (non-hydrogen) atoms. The highest BCUT2D eigenvalue weighted by molar-refractivity contribution is 5.98. The molecule has 0 aromatic carbocycles. The minimum Gasteiger partial charge on any atom is -0.366 e. The predicted molar refractivity (Wildman–Crippen MR) is 76.4 cm³/mol. The van der Waals surface area contributed by atoms with Crippen LogP contribution in [0.4, 0.5) is 24.7 Å². The lowest BCUT2D eigenvalue weighted by Crippen LogP contribution is -2.45. The molecule has 0 radical (unpaired) electrons. The molecule has 124 valence electrons. The van der Waals surface area contributed by atoms with E-state index in [2.05, 4.69) is 9.88 Å². The highest BCUT2D eigenvalue weighted by Gasteiger charge is 2.39. The second-order valence-corrected chi connectivity index (χ2v) is 5.61. The van der Waals surface area contributed by atoms with E-state index in [0.29, 0.717) is 12.4 Å². The van der Waals surface area contributed by atoms with Gasteiger partial charge in [0, 0.05) is 20.0 Å². The van der Waals surface area contributed by atoms with Crippen LogP contribution >= 0.6 is 0 Å². The van der Waals surface area contributed by atoms with Gasteiger partial charge in [-0.05, 0) is 18.6 Å². The molecule has 1 aromatic rings. The number of hydrogen-bond acceptors (Lipinski definition) is 4. The Balaban J connectivity index is 1.89. The quantitative estimate of drug-likeness (QED) is 0.889. The van der Waals surface area contributed by atoms with Crippen LogP contribution in [-0.4, -0.2) is 48.7 Å². The minimum absolute atomic E-state index is 0.0130. The Labute approximate surface area is 130 Å². The monoisotopic (exact) mass is 328 g/mol. The Bertz CT molecular complexity index is 662. The second kappa shape index (κ2) is 5.39. The standard InChI is InChI=1S/C14H15F3N4O2/c1-8(22)21-9-4-5-20(6-9)11-3-2-10(19-12(11)21)13(23)18-7-14(15,16)17/h2-3,9H,4-7H2,1H3,(H,18,23). The number of rotatable bonds is 2. The number of hydrogen-bond donors (Lipinski definition) is 1. The molecule has 1 N–H and O–H groups in total. The SMILES string of the molecule is CC(=O)N1c2nc(C(=O)NCC(F)(F)F)ccc2N2CCC1C2. The van der Waals surface area contributed by atoms with Crippen LogP contribution in [0.3, 0.4) is 0 Å². The number of pyridine rings is 1. The number of carbonyl (C=O) groups excluding carboxylic acids is 2. The molecule has 1 fully saturated rings. The van der Waals surface area contributed by atoms with Crippen LogP contribution in [0.2, 0.25) is 0 Å². The topological polar surface area (TPSA) is 65.5 Å². The van der Waals surface area contributed by atoms with E-state index in [4.69, 9.17) is 0 Å². The summed E-state index contributed by atoms with van der Waals surface area (Å²) in [5.41, 5.74) is 0.586. The molecule has 0 spiro atoms. The van der Waals surface area contributed by atoms with Gasteiger partial charge >= 0.3 is 6.18 Å². The van der Waals surface area contributed by atoms with Crippen molar-refractivity contribution in [2.75, 3.05) is 29.4 Å². The maximum atomic E-state index is 12.2. The van der Waals surface area contributed by atoms with Crippen molar-refractivity contribution in [1.82, 2.24) is 10.3 Å². The van der Waals surface area contributed by atoms with Crippen molar-refractivity contribution >= 4 is 23.3 Å². The summed E-state index contributed by atoms with van der Waals surface area (Å²) in [6, 6.07) is 2.99. The zero-order valence-electron chi connectivity index (χ0n) is 12.4. The summed E-state index contributed by atoms with van der Waals surface area (Å²) >= 11 is 0. The smallest absolute Gasteiger partial charge is 0.366 e. The molecule has 0 aliphatic carbocycles. The summed E-state index contributed by atoms with van der Waals surface area (Å²) in [6.45, 7) is 1.47. The van der Waals surface area contributed by atoms with Crippen molar-refractivity contribution in [2.24, 2.45) is 0 Å². The summed E-state index contributed by atoms with van der Waals surface area (Å²) < 4.78 is 36.6. The number of nitrogens with zero attached hydrogens (tertiary/aromatic N) is 3. The van der Waals surface area contributed by atoms with E-state index in [1.54, 1.807) is 11.4 Å². The molecular weight excluding hydrogens is 313 g/mol. The van der Waals surface area contributed by atoms with Gasteiger partial charge in [0.05, 0.1) is 11.7 Å². The highest BCUT2D eigenvalue weighted by atomic mass is 19.4. The highest BCUT2D eigenvalue weighted by Crippen LogP contribution is 2.38. The predicted octanol–water partition coefficient (Wildman–Crippen LogP) is 1.32. The van der Waals surface area contributed by atoms with Gasteiger partial charge in [0.2, 0.25) is 5.91 Å². The maximum Gasteiger partial charge on any atom is 0.405 e. The van der Waals surface area contributed by atoms with E-state index < -0.39 is 18.6 Å². The Morgan fingerprint density at radius 2 is 2.13 bits per heavy atom. The largest absolute Gasteiger partial charge is 0.405 e. The third-order valence-electron chi connectivity index (χ3n) is 3.97. The van der Waals surface area contributed by atoms with Gasteiger partial charge in [0.25, 0.3) is 5.91 Å². The van der Waals surface area contributed by atoms with Crippen LogP contribution in [-0.2, 0) is 4.79 Å². The molecular formula is C14H15F3N4O2. The van der Waals surface area contributed by atoms with Crippen LogP contribution < -0.4 is 15.1 Å². The summed E-state index contributed by atoms with van der Waals surface area (Å²) in [4.78, 5) is 31.5. The van der Waals surface area contributed by atoms with Crippen LogP contribution in [0.15, 0.2) is 12.1 Å². The van der Waals surface area contributed by atoms with E-state index in [0.717, 1.165) is 18.7 Å². The number of fused-ring (bicyclic) bond motifs is 4. The molecule has 1 aromatic heterocycles. The first-order chi connectivity index (χ1) is 10.8. The average molecular weight is 328 g/mol. The van der Waals surface area contributed by atoms with E-state index in [-0.39, 0.29) is 17.6 Å². The van der Waals surface area contributed by atoms with Gasteiger partial charge in [-0.15, -0.1) is 0 Å². The van der Waals surface area contributed by atoms with Gasteiger partial charge in [0.15, 0.2) is 5.82 Å². The lowest BCUT2D eigenvalue weighted by atomic mass is 10.1. The van der Waals surface area contributed by atoms with E-state index in [1.807, 2.05) is 0 Å². The van der Waals surface area contributed by atoms with Crippen molar-refractivity contribution in [2.45, 2.75) is 25.6 Å². The molecule has 1 atom stereocenters. The number of amides is 2. The summed E-state index contributed by atoms with van der Waals surface area (Å²) in [5.74, 6) is -0.773. The third-order valence-corrected chi connectivity index (χ3v) is 3.97. The molecule has 2 aliphatic rings. The maximum absolute atomic E-state index is 12.2. The fourth-order valence-electron chi connectivity index (χ4n) is 3.01. The van der Waals surface area contributed by atoms with Gasteiger partial charge in [-0.3, -0.25) is 14.5 Å². The molecule has 6 nitrogen and oxygen atoms in total. The summed E-state index contributed by atoms with van der Waals surface area (Å²) in [7, 11) is 0. The van der Waals surface area contributed by atoms with Crippen LogP contribution in [0.1, 0.15) is 23.8 Å². The normalized spacial score (nSPS) is 19.6. The van der Waals surface area contributed by atoms with Crippen LogP contribution in [0.25, 0.3) is 0 Å². The minimum atomic E-state index is -4.49. The van der Waals surface area contributed by atoms with E-state index in [9.17, 15) is 22.8 Å². The number of anilines is 2. The molecule has 3 heterocycles. The molecule has 3 rings (SSSR count). The molecule has 9 heteroatoms. The number of halogens is 3. The number of carbonyl (C=O) groups is 2. The molecule has 2 aliphatic heterocycles. The fraction of sp³-hybridized carbons (Fsp3) is 0.500. The Morgan fingerprint density at radius 1 is 1.39 bits per heavy atom. The van der Waals surface area contributed by atoms with Crippen LogP contribution in [0, 0.1) is 0 Å². The first kappa shape index (κ1) is 15.6.